The van der Waals surface area contributed by atoms with Crippen molar-refractivity contribution in [1.29, 1.82) is 0 Å². The van der Waals surface area contributed by atoms with Crippen LogP contribution in [0.4, 0.5) is 0 Å². The molecule has 0 saturated carbocycles. The number of carbonyl (C=O) groups excluding carboxylic acids is 3. The van der Waals surface area contributed by atoms with E-state index < -0.39 is 34.9 Å². The average Bonchev–Trinajstić information content (AvgIpc) is 2.85. The number of hydrogen-bond donors (Lipinski definition) is 2. The Balaban J connectivity index is 1.71. The summed E-state index contributed by atoms with van der Waals surface area (Å²) in [5, 5.41) is -0.611. The van der Waals surface area contributed by atoms with Crippen molar-refractivity contribution in [2.75, 3.05) is 12.4 Å². The van der Waals surface area contributed by atoms with Gasteiger partial charge in [-0.25, -0.2) is 4.79 Å². The smallest absolute Gasteiger partial charge is 0.356 e. The standard InChI is InChI=1S/C24H22N2O5S3/c1-14(27)30-12-17-13-34-22-24(25,23(32)33)21(29)26(22)18(17)20(28)31-19(15-8-4-2-5-9-15)16-10-6-3-7-11-16/h2-11,19,22H,12-13,25H2,1H3,(H,32,33)/t22-,24?/m1/s1. The molecule has 2 aromatic carbocycles. The number of hydrogen-bond acceptors (Lipinski definition) is 8. The zero-order valence-electron chi connectivity index (χ0n) is 18.2. The maximum absolute atomic E-state index is 13.6. The van der Waals surface area contributed by atoms with Gasteiger partial charge < -0.3 is 15.2 Å². The molecule has 0 radical (unpaired) electrons. The number of nitrogens with zero attached hydrogens (tertiary/aromatic N) is 1. The Morgan fingerprint density at radius 1 is 1.18 bits per heavy atom. The van der Waals surface area contributed by atoms with Gasteiger partial charge in [0.25, 0.3) is 5.91 Å². The van der Waals surface area contributed by atoms with Gasteiger partial charge in [-0.05, 0) is 11.1 Å². The second-order valence-electron chi connectivity index (χ2n) is 7.85. The number of ether oxygens (including phenoxy) is 2. The first-order chi connectivity index (χ1) is 16.2. The number of benzene rings is 2. The van der Waals surface area contributed by atoms with E-state index in [4.69, 9.17) is 27.4 Å². The van der Waals surface area contributed by atoms with Gasteiger partial charge >= 0.3 is 11.9 Å². The highest BCUT2D eigenvalue weighted by Gasteiger charge is 2.64. The van der Waals surface area contributed by atoms with Crippen molar-refractivity contribution < 1.29 is 23.9 Å². The summed E-state index contributed by atoms with van der Waals surface area (Å²) >= 11 is 10.6. The molecule has 2 aliphatic heterocycles. The third-order valence-electron chi connectivity index (χ3n) is 5.61. The highest BCUT2D eigenvalue weighted by Crippen LogP contribution is 2.47. The van der Waals surface area contributed by atoms with E-state index in [9.17, 15) is 14.4 Å². The Kier molecular flexibility index (Phi) is 7.13. The molecule has 2 heterocycles. The predicted molar refractivity (Wildman–Crippen MR) is 136 cm³/mol. The van der Waals surface area contributed by atoms with Gasteiger partial charge in [-0.15, -0.1) is 24.4 Å². The molecule has 2 aromatic rings. The Labute approximate surface area is 212 Å². The van der Waals surface area contributed by atoms with E-state index in [1.165, 1.54) is 23.6 Å². The molecule has 34 heavy (non-hydrogen) atoms. The maximum Gasteiger partial charge on any atom is 0.356 e. The molecule has 1 saturated heterocycles. The van der Waals surface area contributed by atoms with Crippen molar-refractivity contribution in [3.8, 4) is 0 Å². The van der Waals surface area contributed by atoms with Gasteiger partial charge in [0.1, 0.15) is 17.7 Å². The lowest BCUT2D eigenvalue weighted by Crippen LogP contribution is -2.80. The van der Waals surface area contributed by atoms with Crippen LogP contribution in [0.25, 0.3) is 0 Å². The van der Waals surface area contributed by atoms with E-state index in [2.05, 4.69) is 12.6 Å². The first kappa shape index (κ1) is 24.5. The molecular weight excluding hydrogens is 492 g/mol. The van der Waals surface area contributed by atoms with Crippen LogP contribution >= 0.6 is 36.6 Å². The van der Waals surface area contributed by atoms with Gasteiger partial charge in [-0.2, -0.15) is 0 Å². The third kappa shape index (κ3) is 4.38. The summed E-state index contributed by atoms with van der Waals surface area (Å²) in [4.78, 5) is 39.4. The van der Waals surface area contributed by atoms with Crippen LogP contribution in [-0.2, 0) is 23.9 Å². The van der Waals surface area contributed by atoms with Crippen molar-refractivity contribution >= 4 is 58.7 Å². The third-order valence-corrected chi connectivity index (χ3v) is 7.74. The molecule has 2 atom stereocenters. The Morgan fingerprint density at radius 2 is 1.74 bits per heavy atom. The summed E-state index contributed by atoms with van der Waals surface area (Å²) in [6, 6.07) is 18.6. The van der Waals surface area contributed by atoms with Crippen LogP contribution in [0.3, 0.4) is 0 Å². The van der Waals surface area contributed by atoms with Gasteiger partial charge in [0.15, 0.2) is 11.6 Å². The van der Waals surface area contributed by atoms with Crippen molar-refractivity contribution in [2.45, 2.75) is 23.9 Å². The average molecular weight is 515 g/mol. The topological polar surface area (TPSA) is 98.9 Å². The number of thioether (sulfide) groups is 1. The van der Waals surface area contributed by atoms with Gasteiger partial charge in [0.2, 0.25) is 0 Å². The molecule has 0 spiro atoms. The maximum atomic E-state index is 13.6. The Morgan fingerprint density at radius 3 is 2.24 bits per heavy atom. The molecule has 7 nitrogen and oxygen atoms in total. The molecule has 0 bridgehead atoms. The normalized spacial score (nSPS) is 21.6. The number of rotatable bonds is 7. The van der Waals surface area contributed by atoms with Crippen LogP contribution in [0.2, 0.25) is 0 Å². The SMILES string of the molecule is CC(=O)OCC1=C(C(=O)OC(c2ccccc2)c2ccccc2)N2C(=O)C(N)(C(=S)S)[C@H]2SC1. The van der Waals surface area contributed by atoms with E-state index >= 15 is 0 Å². The molecular formula is C24H22N2O5S3. The summed E-state index contributed by atoms with van der Waals surface area (Å²) < 4.78 is 11.2. The fraction of sp³-hybridized carbons (Fsp3) is 0.250. The molecule has 10 heteroatoms. The molecule has 176 valence electrons. The van der Waals surface area contributed by atoms with Crippen LogP contribution in [0, 0.1) is 0 Å². The van der Waals surface area contributed by atoms with E-state index in [0.717, 1.165) is 11.1 Å². The summed E-state index contributed by atoms with van der Waals surface area (Å²) in [7, 11) is 0. The number of β-lactam (4-membered cyclic amide) rings is 1. The Bertz CT molecular complexity index is 1130. The number of amides is 1. The number of esters is 2. The van der Waals surface area contributed by atoms with Crippen molar-refractivity contribution in [2.24, 2.45) is 5.73 Å². The minimum Gasteiger partial charge on any atom is -0.461 e. The number of thiol groups is 1. The number of nitrogens with two attached hydrogens (primary N) is 1. The molecule has 0 aliphatic carbocycles. The molecule has 1 unspecified atom stereocenters. The lowest BCUT2D eigenvalue weighted by molar-refractivity contribution is -0.155. The zero-order valence-corrected chi connectivity index (χ0v) is 20.7. The van der Waals surface area contributed by atoms with Crippen molar-refractivity contribution in [3.63, 3.8) is 0 Å². The molecule has 2 N–H and O–H groups in total. The molecule has 1 fully saturated rings. The highest BCUT2D eigenvalue weighted by molar-refractivity contribution is 8.11. The highest BCUT2D eigenvalue weighted by atomic mass is 32.2. The van der Waals surface area contributed by atoms with E-state index in [1.54, 1.807) is 0 Å². The lowest BCUT2D eigenvalue weighted by Gasteiger charge is -2.55. The van der Waals surface area contributed by atoms with Crippen LogP contribution in [0.5, 0.6) is 0 Å². The van der Waals surface area contributed by atoms with E-state index in [0.29, 0.717) is 11.3 Å². The monoisotopic (exact) mass is 514 g/mol. The van der Waals surface area contributed by atoms with Crippen LogP contribution in [-0.4, -0.2) is 50.2 Å². The van der Waals surface area contributed by atoms with Crippen LogP contribution in [0.1, 0.15) is 24.2 Å². The molecule has 1 amide bonds. The zero-order chi connectivity index (χ0) is 24.5. The predicted octanol–water partition coefficient (Wildman–Crippen LogP) is 3.01. The lowest BCUT2D eigenvalue weighted by atomic mass is 9.89. The quantitative estimate of drug-likeness (QED) is 0.252. The van der Waals surface area contributed by atoms with E-state index in [-0.39, 0.29) is 16.5 Å². The van der Waals surface area contributed by atoms with Crippen molar-refractivity contribution in [1.82, 2.24) is 4.90 Å². The molecule has 4 rings (SSSR count). The first-order valence-electron chi connectivity index (χ1n) is 10.4. The minimum atomic E-state index is -1.47. The number of carbonyl (C=O) groups is 3. The summed E-state index contributed by atoms with van der Waals surface area (Å²) in [5.41, 5.74) is 6.82. The minimum absolute atomic E-state index is 0.0255. The van der Waals surface area contributed by atoms with Crippen LogP contribution in [0.15, 0.2) is 71.9 Å². The fourth-order valence-electron chi connectivity index (χ4n) is 3.88. The number of thiocarbonyl (C=S) groups is 1. The van der Waals surface area contributed by atoms with Gasteiger partial charge in [0.05, 0.1) is 4.20 Å². The van der Waals surface area contributed by atoms with Gasteiger partial charge in [-0.1, -0.05) is 72.9 Å². The first-order valence-corrected chi connectivity index (χ1v) is 12.3. The summed E-state index contributed by atoms with van der Waals surface area (Å²) in [6.07, 6.45) is -0.713. The van der Waals surface area contributed by atoms with Crippen LogP contribution < -0.4 is 5.73 Å². The second kappa shape index (κ2) is 9.91. The van der Waals surface area contributed by atoms with E-state index in [1.807, 2.05) is 60.7 Å². The molecule has 0 aromatic heterocycles. The second-order valence-corrected chi connectivity index (χ2v) is 10.1. The summed E-state index contributed by atoms with van der Waals surface area (Å²) in [5.74, 6) is -1.46. The van der Waals surface area contributed by atoms with Crippen molar-refractivity contribution in [3.05, 3.63) is 83.1 Å². The largest absolute Gasteiger partial charge is 0.461 e. The van der Waals surface area contributed by atoms with Gasteiger partial charge in [0, 0.05) is 18.2 Å². The molecule has 2 aliphatic rings. The van der Waals surface area contributed by atoms with Gasteiger partial charge in [-0.3, -0.25) is 14.5 Å². The summed E-state index contributed by atoms with van der Waals surface area (Å²) in [6.45, 7) is 1.13. The Hall–Kier alpha value is -2.66. The fourth-order valence-corrected chi connectivity index (χ4v) is 5.87. The number of fused-ring (bicyclic) bond motifs is 1.